The maximum atomic E-state index is 13.2. The summed E-state index contributed by atoms with van der Waals surface area (Å²) >= 11 is 0. The molecule has 2 aromatic rings. The van der Waals surface area contributed by atoms with Gasteiger partial charge < -0.3 is 10.2 Å². The van der Waals surface area contributed by atoms with Crippen molar-refractivity contribution in [2.24, 2.45) is 5.92 Å². The Bertz CT molecular complexity index is 905. The number of nitrogens with zero attached hydrogens (tertiary/aromatic N) is 5. The van der Waals surface area contributed by atoms with Crippen molar-refractivity contribution in [2.45, 2.75) is 66.0 Å². The van der Waals surface area contributed by atoms with Crippen molar-refractivity contribution < 1.29 is 4.79 Å². The minimum absolute atomic E-state index is 0.0957. The van der Waals surface area contributed by atoms with E-state index >= 15 is 0 Å². The second kappa shape index (κ2) is 8.22. The van der Waals surface area contributed by atoms with Crippen molar-refractivity contribution in [1.29, 1.82) is 0 Å². The van der Waals surface area contributed by atoms with E-state index < -0.39 is 0 Å². The number of hydrogen-bond acceptors (Lipinski definition) is 5. The maximum Gasteiger partial charge on any atom is 0.227 e. The predicted octanol–water partition coefficient (Wildman–Crippen LogP) is 2.29. The van der Waals surface area contributed by atoms with E-state index in [0.29, 0.717) is 6.54 Å². The molecule has 7 nitrogen and oxygen atoms in total. The zero-order valence-electron chi connectivity index (χ0n) is 18.0. The van der Waals surface area contributed by atoms with E-state index in [0.717, 1.165) is 62.7 Å². The van der Waals surface area contributed by atoms with Crippen molar-refractivity contribution >= 4 is 5.91 Å². The second-order valence-corrected chi connectivity index (χ2v) is 8.63. The molecule has 29 heavy (non-hydrogen) atoms. The van der Waals surface area contributed by atoms with Crippen molar-refractivity contribution in [3.05, 3.63) is 40.2 Å². The van der Waals surface area contributed by atoms with Gasteiger partial charge in [0.2, 0.25) is 5.91 Å². The monoisotopic (exact) mass is 396 g/mol. The van der Waals surface area contributed by atoms with Crippen LogP contribution in [-0.2, 0) is 24.3 Å². The number of fused-ring (bicyclic) bond motifs is 1. The van der Waals surface area contributed by atoms with Crippen molar-refractivity contribution in [3.63, 3.8) is 0 Å². The van der Waals surface area contributed by atoms with Crippen LogP contribution in [-0.4, -0.2) is 50.2 Å². The van der Waals surface area contributed by atoms with Gasteiger partial charge in [0.05, 0.1) is 18.2 Å². The van der Waals surface area contributed by atoms with E-state index in [1.165, 1.54) is 16.8 Å². The maximum absolute atomic E-state index is 13.2. The molecular formula is C22H32N6O. The Hall–Kier alpha value is -2.28. The van der Waals surface area contributed by atoms with Crippen LogP contribution < -0.4 is 5.32 Å². The first-order valence-electron chi connectivity index (χ1n) is 10.8. The van der Waals surface area contributed by atoms with Crippen LogP contribution in [0.5, 0.6) is 0 Å². The van der Waals surface area contributed by atoms with Crippen LogP contribution in [0, 0.1) is 26.7 Å². The third-order valence-electron chi connectivity index (χ3n) is 6.54. The largest absolute Gasteiger partial charge is 0.342 e. The first kappa shape index (κ1) is 20.0. The molecule has 2 aromatic heterocycles. The van der Waals surface area contributed by atoms with Crippen LogP contribution in [0.25, 0.3) is 0 Å². The topological polar surface area (TPSA) is 75.9 Å². The zero-order valence-corrected chi connectivity index (χ0v) is 18.0. The quantitative estimate of drug-likeness (QED) is 0.858. The van der Waals surface area contributed by atoms with Crippen molar-refractivity contribution in [1.82, 2.24) is 30.0 Å². The number of amides is 1. The highest BCUT2D eigenvalue weighted by atomic mass is 16.2. The third kappa shape index (κ3) is 4.06. The SMILES string of the molecule is Cc1nn(C[C@H](C)C(=O)N2CCC[C@H](c3ncc4c(n3)CCNC4)C2)c(C)c1C. The highest BCUT2D eigenvalue weighted by Gasteiger charge is 2.30. The fourth-order valence-corrected chi connectivity index (χ4v) is 4.45. The average Bonchev–Trinajstić information content (AvgIpc) is 2.99. The first-order chi connectivity index (χ1) is 13.9. The normalized spacial score (nSPS) is 20.4. The fraction of sp³-hybridized carbons (Fsp3) is 0.636. The van der Waals surface area contributed by atoms with Gasteiger partial charge in [0.1, 0.15) is 5.82 Å². The lowest BCUT2D eigenvalue weighted by molar-refractivity contribution is -0.136. The lowest BCUT2D eigenvalue weighted by Crippen LogP contribution is -2.43. The van der Waals surface area contributed by atoms with Gasteiger partial charge >= 0.3 is 0 Å². The average molecular weight is 397 g/mol. The Kier molecular flexibility index (Phi) is 5.67. The molecule has 2 aliphatic rings. The Morgan fingerprint density at radius 1 is 1.34 bits per heavy atom. The van der Waals surface area contributed by atoms with Crippen LogP contribution in [0.1, 0.15) is 59.7 Å². The smallest absolute Gasteiger partial charge is 0.227 e. The number of piperidine rings is 1. The van der Waals surface area contributed by atoms with Crippen molar-refractivity contribution in [3.8, 4) is 0 Å². The summed E-state index contributed by atoms with van der Waals surface area (Å²) in [6.07, 6.45) is 4.98. The molecule has 1 amide bonds. The first-order valence-corrected chi connectivity index (χ1v) is 10.8. The van der Waals surface area contributed by atoms with Gasteiger partial charge in [-0.3, -0.25) is 9.48 Å². The van der Waals surface area contributed by atoms with Gasteiger partial charge in [-0.2, -0.15) is 5.10 Å². The molecule has 0 aromatic carbocycles. The van der Waals surface area contributed by atoms with Crippen LogP contribution in [0.3, 0.4) is 0 Å². The van der Waals surface area contributed by atoms with E-state index in [1.807, 2.05) is 29.6 Å². The molecule has 4 heterocycles. The minimum Gasteiger partial charge on any atom is -0.342 e. The van der Waals surface area contributed by atoms with Gasteiger partial charge in [0.25, 0.3) is 0 Å². The molecular weight excluding hydrogens is 364 g/mol. The molecule has 156 valence electrons. The molecule has 0 unspecified atom stereocenters. The van der Waals surface area contributed by atoms with Gasteiger partial charge in [0.15, 0.2) is 0 Å². The third-order valence-corrected chi connectivity index (χ3v) is 6.54. The van der Waals surface area contributed by atoms with Gasteiger partial charge in [-0.25, -0.2) is 9.97 Å². The molecule has 0 bridgehead atoms. The Balaban J connectivity index is 1.43. The molecule has 2 aliphatic heterocycles. The molecule has 0 saturated carbocycles. The Morgan fingerprint density at radius 2 is 2.17 bits per heavy atom. The van der Waals surface area contributed by atoms with Gasteiger partial charge in [-0.15, -0.1) is 0 Å². The Labute approximate surface area is 172 Å². The molecule has 0 aliphatic carbocycles. The summed E-state index contributed by atoms with van der Waals surface area (Å²) < 4.78 is 1.98. The number of rotatable bonds is 4. The van der Waals surface area contributed by atoms with Crippen LogP contribution >= 0.6 is 0 Å². The number of aryl methyl sites for hydroxylation is 1. The molecule has 0 spiro atoms. The highest BCUT2D eigenvalue weighted by molar-refractivity contribution is 5.78. The second-order valence-electron chi connectivity index (χ2n) is 8.63. The molecule has 7 heteroatoms. The summed E-state index contributed by atoms with van der Waals surface area (Å²) in [4.78, 5) is 24.7. The molecule has 0 radical (unpaired) electrons. The molecule has 2 atom stereocenters. The summed E-state index contributed by atoms with van der Waals surface area (Å²) in [5.41, 5.74) is 5.78. The summed E-state index contributed by atoms with van der Waals surface area (Å²) in [5, 5.41) is 7.96. The summed E-state index contributed by atoms with van der Waals surface area (Å²) in [6, 6.07) is 0. The van der Waals surface area contributed by atoms with Crippen molar-refractivity contribution in [2.75, 3.05) is 19.6 Å². The number of nitrogens with one attached hydrogen (secondary N) is 1. The highest BCUT2D eigenvalue weighted by Crippen LogP contribution is 2.27. The minimum atomic E-state index is -0.0957. The summed E-state index contributed by atoms with van der Waals surface area (Å²) in [6.45, 7) is 12.2. The van der Waals surface area contributed by atoms with E-state index in [9.17, 15) is 4.79 Å². The number of hydrogen-bond donors (Lipinski definition) is 1. The molecule has 1 fully saturated rings. The number of carbonyl (C=O) groups excluding carboxylic acids is 1. The van der Waals surface area contributed by atoms with Crippen LogP contribution in [0.2, 0.25) is 0 Å². The molecule has 1 saturated heterocycles. The van der Waals surface area contributed by atoms with E-state index in [4.69, 9.17) is 4.98 Å². The summed E-state index contributed by atoms with van der Waals surface area (Å²) in [5.74, 6) is 1.25. The lowest BCUT2D eigenvalue weighted by Gasteiger charge is -2.34. The Morgan fingerprint density at radius 3 is 2.93 bits per heavy atom. The number of likely N-dealkylation sites (tertiary alicyclic amines) is 1. The van der Waals surface area contributed by atoms with Gasteiger partial charge in [0, 0.05) is 61.7 Å². The standard InChI is InChI=1S/C22H32N6O/c1-14(12-28-17(4)15(2)16(3)26-28)22(29)27-9-5-6-18(13-27)21-24-11-19-10-23-8-7-20(19)25-21/h11,14,18,23H,5-10,12-13H2,1-4H3/t14-,18-/m0/s1. The van der Waals surface area contributed by atoms with Gasteiger partial charge in [-0.1, -0.05) is 6.92 Å². The van der Waals surface area contributed by atoms with E-state index in [-0.39, 0.29) is 17.7 Å². The lowest BCUT2D eigenvalue weighted by atomic mass is 9.95. The zero-order chi connectivity index (χ0) is 20.5. The fourth-order valence-electron chi connectivity index (χ4n) is 4.45. The predicted molar refractivity (Wildman–Crippen MR) is 112 cm³/mol. The molecule has 4 rings (SSSR count). The van der Waals surface area contributed by atoms with Gasteiger partial charge in [-0.05, 0) is 39.2 Å². The van der Waals surface area contributed by atoms with E-state index in [1.54, 1.807) is 0 Å². The summed E-state index contributed by atoms with van der Waals surface area (Å²) in [7, 11) is 0. The van der Waals surface area contributed by atoms with Crippen LogP contribution in [0.15, 0.2) is 6.20 Å². The van der Waals surface area contributed by atoms with Crippen LogP contribution in [0.4, 0.5) is 0 Å². The molecule has 1 N–H and O–H groups in total. The number of aromatic nitrogens is 4. The van der Waals surface area contributed by atoms with E-state index in [2.05, 4.69) is 29.2 Å². The number of carbonyl (C=O) groups is 1.